The van der Waals surface area contributed by atoms with Crippen LogP contribution in [0.15, 0.2) is 36.5 Å². The Kier molecular flexibility index (Phi) is 4.80. The van der Waals surface area contributed by atoms with Gasteiger partial charge in [-0.25, -0.2) is 0 Å². The van der Waals surface area contributed by atoms with E-state index in [2.05, 4.69) is 67.2 Å². The van der Waals surface area contributed by atoms with Gasteiger partial charge >= 0.3 is 0 Å². The van der Waals surface area contributed by atoms with Crippen molar-refractivity contribution < 1.29 is 0 Å². The van der Waals surface area contributed by atoms with Crippen LogP contribution in [0.4, 0.5) is 0 Å². The third kappa shape index (κ3) is 3.48. The molecule has 102 valence electrons. The van der Waals surface area contributed by atoms with Crippen molar-refractivity contribution in [2.45, 2.75) is 40.3 Å². The Morgan fingerprint density at radius 1 is 1.05 bits per heavy atom. The average molecular weight is 256 g/mol. The Morgan fingerprint density at radius 2 is 1.79 bits per heavy atom. The first-order chi connectivity index (χ1) is 9.22. The number of nitrogens with zero attached hydrogens (tertiary/aromatic N) is 1. The van der Waals surface area contributed by atoms with E-state index in [1.54, 1.807) is 0 Å². The van der Waals surface area contributed by atoms with Gasteiger partial charge in [0.15, 0.2) is 0 Å². The Balaban J connectivity index is 2.13. The second-order valence-electron chi connectivity index (χ2n) is 5.17. The van der Waals surface area contributed by atoms with E-state index in [0.717, 1.165) is 19.6 Å². The van der Waals surface area contributed by atoms with E-state index in [4.69, 9.17) is 0 Å². The molecule has 1 N–H and O–H groups in total. The van der Waals surface area contributed by atoms with Crippen molar-refractivity contribution in [2.75, 3.05) is 6.54 Å². The molecule has 1 aromatic heterocycles. The molecule has 0 saturated heterocycles. The van der Waals surface area contributed by atoms with Gasteiger partial charge in [0.05, 0.1) is 0 Å². The molecule has 0 bridgehead atoms. The molecule has 1 heterocycles. The van der Waals surface area contributed by atoms with Crippen molar-refractivity contribution in [3.63, 3.8) is 0 Å². The van der Waals surface area contributed by atoms with Crippen LogP contribution in [0.3, 0.4) is 0 Å². The summed E-state index contributed by atoms with van der Waals surface area (Å²) in [6.45, 7) is 9.58. The quantitative estimate of drug-likeness (QED) is 0.781. The monoisotopic (exact) mass is 256 g/mol. The van der Waals surface area contributed by atoms with Gasteiger partial charge in [-0.1, -0.05) is 25.1 Å². The smallest absolute Gasteiger partial charge is 0.0478 e. The van der Waals surface area contributed by atoms with Gasteiger partial charge in [-0.05, 0) is 55.6 Å². The first-order valence-corrected chi connectivity index (χ1v) is 7.12. The molecular formula is C17H24N2. The van der Waals surface area contributed by atoms with Gasteiger partial charge in [0, 0.05) is 25.0 Å². The van der Waals surface area contributed by atoms with Gasteiger partial charge in [0.25, 0.3) is 0 Å². The van der Waals surface area contributed by atoms with Crippen LogP contribution in [-0.4, -0.2) is 11.1 Å². The van der Waals surface area contributed by atoms with Gasteiger partial charge < -0.3 is 9.88 Å². The molecule has 0 atom stereocenters. The summed E-state index contributed by atoms with van der Waals surface area (Å²) in [5, 5.41) is 3.47. The maximum absolute atomic E-state index is 3.47. The Labute approximate surface area is 116 Å². The van der Waals surface area contributed by atoms with Gasteiger partial charge in [-0.3, -0.25) is 0 Å². The fraction of sp³-hybridized carbons (Fsp3) is 0.412. The van der Waals surface area contributed by atoms with Crippen molar-refractivity contribution in [2.24, 2.45) is 0 Å². The zero-order chi connectivity index (χ0) is 13.7. The van der Waals surface area contributed by atoms with Gasteiger partial charge in [-0.15, -0.1) is 0 Å². The van der Waals surface area contributed by atoms with Crippen LogP contribution in [0, 0.1) is 13.8 Å². The van der Waals surface area contributed by atoms with Crippen LogP contribution < -0.4 is 5.32 Å². The van der Waals surface area contributed by atoms with Crippen LogP contribution in [0.5, 0.6) is 0 Å². The highest BCUT2D eigenvalue weighted by atomic mass is 15.0. The van der Waals surface area contributed by atoms with E-state index in [-0.39, 0.29) is 0 Å². The fourth-order valence-electron chi connectivity index (χ4n) is 2.43. The minimum absolute atomic E-state index is 0.950. The van der Waals surface area contributed by atoms with Crippen LogP contribution >= 0.6 is 0 Å². The Hall–Kier alpha value is -1.54. The number of hydrogen-bond donors (Lipinski definition) is 1. The Bertz CT molecular complexity index is 506. The first kappa shape index (κ1) is 13.9. The highest BCUT2D eigenvalue weighted by Gasteiger charge is 2.05. The lowest BCUT2D eigenvalue weighted by Gasteiger charge is -2.14. The summed E-state index contributed by atoms with van der Waals surface area (Å²) in [6.07, 6.45) is 3.35. The van der Waals surface area contributed by atoms with E-state index in [1.807, 2.05) is 0 Å². The molecule has 0 unspecified atom stereocenters. The minimum Gasteiger partial charge on any atom is -0.346 e. The molecule has 0 fully saturated rings. The minimum atomic E-state index is 0.950. The van der Waals surface area contributed by atoms with E-state index >= 15 is 0 Å². The standard InChI is InChI=1S/C17H24N2/c1-4-10-18-12-16-9-6-11-19(16)13-17-14(2)7-5-8-15(17)3/h5-9,11,18H,4,10,12-13H2,1-3H3. The zero-order valence-electron chi connectivity index (χ0n) is 12.2. The normalized spacial score (nSPS) is 10.9. The van der Waals surface area contributed by atoms with Crippen molar-refractivity contribution in [1.29, 1.82) is 0 Å². The molecule has 0 aliphatic rings. The molecule has 0 aliphatic carbocycles. The molecule has 0 spiro atoms. The molecule has 0 amide bonds. The van der Waals surface area contributed by atoms with Crippen LogP contribution in [0.1, 0.15) is 35.7 Å². The van der Waals surface area contributed by atoms with E-state index < -0.39 is 0 Å². The van der Waals surface area contributed by atoms with E-state index in [0.29, 0.717) is 0 Å². The fourth-order valence-corrected chi connectivity index (χ4v) is 2.43. The molecule has 2 aromatic rings. The van der Waals surface area contributed by atoms with Crippen molar-refractivity contribution >= 4 is 0 Å². The summed E-state index contributed by atoms with van der Waals surface area (Å²) in [5.74, 6) is 0. The molecule has 0 radical (unpaired) electrons. The SMILES string of the molecule is CCCNCc1cccn1Cc1c(C)cccc1C. The second-order valence-corrected chi connectivity index (χ2v) is 5.17. The van der Waals surface area contributed by atoms with Crippen molar-refractivity contribution in [1.82, 2.24) is 9.88 Å². The average Bonchev–Trinajstić information content (AvgIpc) is 2.82. The van der Waals surface area contributed by atoms with Gasteiger partial charge in [-0.2, -0.15) is 0 Å². The molecule has 0 aliphatic heterocycles. The summed E-state index contributed by atoms with van der Waals surface area (Å²) in [6, 6.07) is 10.9. The lowest BCUT2D eigenvalue weighted by molar-refractivity contribution is 0.629. The molecule has 0 saturated carbocycles. The van der Waals surface area contributed by atoms with Crippen LogP contribution in [0.25, 0.3) is 0 Å². The third-order valence-corrected chi connectivity index (χ3v) is 3.63. The first-order valence-electron chi connectivity index (χ1n) is 7.12. The predicted octanol–water partition coefficient (Wildman–Crippen LogP) is 3.65. The molecule has 2 heteroatoms. The summed E-state index contributed by atoms with van der Waals surface area (Å²) in [4.78, 5) is 0. The molecule has 2 nitrogen and oxygen atoms in total. The highest BCUT2D eigenvalue weighted by Crippen LogP contribution is 2.16. The van der Waals surface area contributed by atoms with Gasteiger partial charge in [0.1, 0.15) is 0 Å². The number of benzene rings is 1. The van der Waals surface area contributed by atoms with Crippen molar-refractivity contribution in [3.8, 4) is 0 Å². The summed E-state index contributed by atoms with van der Waals surface area (Å²) < 4.78 is 2.35. The summed E-state index contributed by atoms with van der Waals surface area (Å²) >= 11 is 0. The van der Waals surface area contributed by atoms with E-state index in [1.165, 1.54) is 28.8 Å². The largest absolute Gasteiger partial charge is 0.346 e. The number of hydrogen-bond acceptors (Lipinski definition) is 1. The predicted molar refractivity (Wildman–Crippen MR) is 81.4 cm³/mol. The maximum atomic E-state index is 3.47. The number of nitrogens with one attached hydrogen (secondary N) is 1. The number of aromatic nitrogens is 1. The highest BCUT2D eigenvalue weighted by molar-refractivity contribution is 5.34. The second kappa shape index (κ2) is 6.58. The van der Waals surface area contributed by atoms with Gasteiger partial charge in [0.2, 0.25) is 0 Å². The van der Waals surface area contributed by atoms with E-state index in [9.17, 15) is 0 Å². The molecule has 19 heavy (non-hydrogen) atoms. The van der Waals surface area contributed by atoms with Crippen LogP contribution in [0.2, 0.25) is 0 Å². The number of rotatable bonds is 6. The molecular weight excluding hydrogens is 232 g/mol. The summed E-state index contributed by atoms with van der Waals surface area (Å²) in [7, 11) is 0. The van der Waals surface area contributed by atoms with Crippen LogP contribution in [-0.2, 0) is 13.1 Å². The summed E-state index contributed by atoms with van der Waals surface area (Å²) in [5.41, 5.74) is 5.55. The molecule has 1 aromatic carbocycles. The third-order valence-electron chi connectivity index (χ3n) is 3.63. The Morgan fingerprint density at radius 3 is 2.47 bits per heavy atom. The topological polar surface area (TPSA) is 17.0 Å². The maximum Gasteiger partial charge on any atom is 0.0478 e. The van der Waals surface area contributed by atoms with Crippen molar-refractivity contribution in [3.05, 3.63) is 58.9 Å². The lowest BCUT2D eigenvalue weighted by Crippen LogP contribution is -2.17. The molecule has 2 rings (SSSR count). The number of aryl methyl sites for hydroxylation is 2. The zero-order valence-corrected chi connectivity index (χ0v) is 12.2. The lowest BCUT2D eigenvalue weighted by atomic mass is 10.0.